The Morgan fingerprint density at radius 2 is 1.75 bits per heavy atom. The molecule has 1 aliphatic carbocycles. The van der Waals surface area contributed by atoms with E-state index in [4.69, 9.17) is 5.11 Å². The van der Waals surface area contributed by atoms with Gasteiger partial charge in [-0.05, 0) is 55.2 Å². The Balaban J connectivity index is 2.46. The van der Waals surface area contributed by atoms with E-state index in [0.717, 1.165) is 19.3 Å². The van der Waals surface area contributed by atoms with Crippen LogP contribution < -0.4 is 0 Å². The van der Waals surface area contributed by atoms with Crippen LogP contribution >= 0.6 is 0 Å². The molecule has 0 saturated heterocycles. The Hall–Kier alpha value is -1.59. The van der Waals surface area contributed by atoms with Gasteiger partial charge in [0.05, 0.1) is 5.56 Å². The number of hydrogen-bond acceptors (Lipinski definition) is 1. The van der Waals surface area contributed by atoms with Gasteiger partial charge in [-0.3, -0.25) is 0 Å². The molecule has 0 unspecified atom stereocenters. The average Bonchev–Trinajstić information content (AvgIpc) is 2.53. The van der Waals surface area contributed by atoms with Crippen LogP contribution in [0.2, 0.25) is 0 Å². The van der Waals surface area contributed by atoms with Crippen molar-refractivity contribution in [2.45, 2.75) is 63.7 Å². The number of aromatic carboxylic acids is 1. The number of benzene rings is 1. The summed E-state index contributed by atoms with van der Waals surface area (Å²) in [4.78, 5) is 11.1. The lowest BCUT2D eigenvalue weighted by molar-refractivity contribution is -0.205. The first kappa shape index (κ1) is 18.7. The second-order valence-corrected chi connectivity index (χ2v) is 6.70. The predicted molar refractivity (Wildman–Crippen MR) is 82.9 cm³/mol. The van der Waals surface area contributed by atoms with E-state index in [-0.39, 0.29) is 18.4 Å². The van der Waals surface area contributed by atoms with E-state index in [1.807, 2.05) is 0 Å². The second-order valence-electron chi connectivity index (χ2n) is 6.70. The number of carboxylic acid groups (broad SMARTS) is 1. The Kier molecular flexibility index (Phi) is 5.25. The summed E-state index contributed by atoms with van der Waals surface area (Å²) in [5.74, 6) is -9.78. The summed E-state index contributed by atoms with van der Waals surface area (Å²) in [6.45, 7) is 2.24. The third-order valence-corrected chi connectivity index (χ3v) is 5.05. The van der Waals surface area contributed by atoms with Gasteiger partial charge in [0, 0.05) is 12.5 Å². The third-order valence-electron chi connectivity index (χ3n) is 5.05. The highest BCUT2D eigenvalue weighted by atomic mass is 19.3. The Morgan fingerprint density at radius 3 is 2.21 bits per heavy atom. The predicted octanol–water partition coefficient (Wildman–Crippen LogP) is 5.82. The molecule has 1 aromatic rings. The molecule has 1 fully saturated rings. The molecule has 6 heteroatoms. The van der Waals surface area contributed by atoms with Crippen molar-refractivity contribution >= 4 is 5.97 Å². The van der Waals surface area contributed by atoms with Crippen molar-refractivity contribution in [1.82, 2.24) is 0 Å². The fourth-order valence-electron chi connectivity index (χ4n) is 3.44. The number of carboxylic acids is 1. The van der Waals surface area contributed by atoms with Crippen LogP contribution in [0, 0.1) is 5.92 Å². The molecule has 1 aromatic carbocycles. The molecule has 0 amide bonds. The molecule has 2 nitrogen and oxygen atoms in total. The third kappa shape index (κ3) is 3.57. The maximum absolute atomic E-state index is 14.3. The van der Waals surface area contributed by atoms with Crippen LogP contribution in [0.1, 0.15) is 73.4 Å². The van der Waals surface area contributed by atoms with E-state index >= 15 is 0 Å². The number of halogens is 4. The zero-order valence-corrected chi connectivity index (χ0v) is 13.8. The number of rotatable bonds is 5. The molecule has 0 spiro atoms. The minimum absolute atomic E-state index is 0.154. The molecule has 0 atom stereocenters. The van der Waals surface area contributed by atoms with Crippen LogP contribution in [0.15, 0.2) is 18.2 Å². The van der Waals surface area contributed by atoms with Gasteiger partial charge < -0.3 is 5.11 Å². The zero-order chi connectivity index (χ0) is 18.1. The van der Waals surface area contributed by atoms with Crippen molar-refractivity contribution < 1.29 is 27.5 Å². The number of alkyl halides is 4. The van der Waals surface area contributed by atoms with Crippen LogP contribution in [0.25, 0.3) is 0 Å². The molecule has 0 bridgehead atoms. The summed E-state index contributed by atoms with van der Waals surface area (Å²) in [5, 5.41) is 9.01. The molecule has 1 aliphatic rings. The second kappa shape index (κ2) is 6.73. The minimum Gasteiger partial charge on any atom is -0.478 e. The largest absolute Gasteiger partial charge is 0.478 e. The van der Waals surface area contributed by atoms with Crippen molar-refractivity contribution in [2.24, 2.45) is 5.92 Å². The van der Waals surface area contributed by atoms with Crippen molar-refractivity contribution in [2.75, 3.05) is 0 Å². The maximum Gasteiger partial charge on any atom is 0.335 e. The van der Waals surface area contributed by atoms with E-state index in [9.17, 15) is 22.4 Å². The molecule has 0 heterocycles. The average molecular weight is 346 g/mol. The standard InChI is InChI=1S/C18H22F4O2/c1-3-11-4-6-12(7-5-11)14-9-8-13(16(23)24)10-15(14)18(21,22)17(2,19)20/h8-12H,3-7H2,1-2H3,(H,23,24). The van der Waals surface area contributed by atoms with Gasteiger partial charge in [0.2, 0.25) is 0 Å². The summed E-state index contributed by atoms with van der Waals surface area (Å²) in [6.07, 6.45) is 4.07. The van der Waals surface area contributed by atoms with Gasteiger partial charge in [0.25, 0.3) is 0 Å². The lowest BCUT2D eigenvalue weighted by Crippen LogP contribution is -2.36. The summed E-state index contributed by atoms with van der Waals surface area (Å²) in [6, 6.07) is 3.22. The van der Waals surface area contributed by atoms with Gasteiger partial charge in [-0.2, -0.15) is 17.6 Å². The first-order chi connectivity index (χ1) is 11.1. The molecule has 134 valence electrons. The van der Waals surface area contributed by atoms with Gasteiger partial charge in [0.15, 0.2) is 0 Å². The van der Waals surface area contributed by atoms with Gasteiger partial charge in [0.1, 0.15) is 0 Å². The molecular formula is C18H22F4O2. The Labute approximate surface area is 138 Å². The lowest BCUT2D eigenvalue weighted by atomic mass is 9.75. The van der Waals surface area contributed by atoms with Crippen LogP contribution in [0.3, 0.4) is 0 Å². The first-order valence-corrected chi connectivity index (χ1v) is 8.21. The van der Waals surface area contributed by atoms with Gasteiger partial charge in [-0.25, -0.2) is 4.79 Å². The highest BCUT2D eigenvalue weighted by molar-refractivity contribution is 5.88. The summed E-state index contributed by atoms with van der Waals surface area (Å²) in [7, 11) is 0. The molecule has 0 aliphatic heterocycles. The van der Waals surface area contributed by atoms with Crippen LogP contribution in [0.4, 0.5) is 17.6 Å². The molecule has 0 aromatic heterocycles. The number of carbonyl (C=O) groups is 1. The Morgan fingerprint density at radius 1 is 1.17 bits per heavy atom. The van der Waals surface area contributed by atoms with E-state index < -0.39 is 28.9 Å². The molecule has 0 radical (unpaired) electrons. The molecule has 2 rings (SSSR count). The van der Waals surface area contributed by atoms with Crippen molar-refractivity contribution in [1.29, 1.82) is 0 Å². The van der Waals surface area contributed by atoms with Crippen LogP contribution in [0.5, 0.6) is 0 Å². The van der Waals surface area contributed by atoms with Crippen LogP contribution in [-0.4, -0.2) is 17.0 Å². The lowest BCUT2D eigenvalue weighted by Gasteiger charge is -2.32. The molecule has 1 N–H and O–H groups in total. The van der Waals surface area contributed by atoms with Crippen LogP contribution in [-0.2, 0) is 5.92 Å². The van der Waals surface area contributed by atoms with Crippen molar-refractivity contribution in [3.05, 3.63) is 34.9 Å². The summed E-state index contributed by atoms with van der Waals surface area (Å²) in [5.41, 5.74) is -1.10. The van der Waals surface area contributed by atoms with E-state index in [0.29, 0.717) is 24.8 Å². The highest BCUT2D eigenvalue weighted by Gasteiger charge is 2.55. The molecular weight excluding hydrogens is 324 g/mol. The topological polar surface area (TPSA) is 37.3 Å². The molecule has 24 heavy (non-hydrogen) atoms. The fourth-order valence-corrected chi connectivity index (χ4v) is 3.44. The maximum atomic E-state index is 14.3. The quantitative estimate of drug-likeness (QED) is 0.683. The zero-order valence-electron chi connectivity index (χ0n) is 13.8. The SMILES string of the molecule is CCC1CCC(c2ccc(C(=O)O)cc2C(F)(F)C(C)(F)F)CC1. The minimum atomic E-state index is -4.41. The summed E-state index contributed by atoms with van der Waals surface area (Å²) < 4.78 is 55.6. The van der Waals surface area contributed by atoms with E-state index in [1.54, 1.807) is 0 Å². The van der Waals surface area contributed by atoms with Crippen molar-refractivity contribution in [3.63, 3.8) is 0 Å². The van der Waals surface area contributed by atoms with E-state index in [2.05, 4.69) is 6.92 Å². The van der Waals surface area contributed by atoms with Gasteiger partial charge in [-0.15, -0.1) is 0 Å². The Bertz CT molecular complexity index is 600. The fraction of sp³-hybridized carbons (Fsp3) is 0.611. The normalized spacial score (nSPS) is 22.4. The molecule has 1 saturated carbocycles. The number of hydrogen-bond donors (Lipinski definition) is 1. The van der Waals surface area contributed by atoms with Gasteiger partial charge in [-0.1, -0.05) is 19.4 Å². The summed E-state index contributed by atoms with van der Waals surface area (Å²) >= 11 is 0. The first-order valence-electron chi connectivity index (χ1n) is 8.21. The van der Waals surface area contributed by atoms with Crippen molar-refractivity contribution in [3.8, 4) is 0 Å². The monoisotopic (exact) mass is 346 g/mol. The highest BCUT2D eigenvalue weighted by Crippen LogP contribution is 2.48. The van der Waals surface area contributed by atoms with Gasteiger partial charge >= 0.3 is 17.8 Å². The smallest absolute Gasteiger partial charge is 0.335 e. The van der Waals surface area contributed by atoms with E-state index in [1.165, 1.54) is 12.1 Å².